The smallest absolute Gasteiger partial charge is 0.217 e. The van der Waals surface area contributed by atoms with E-state index in [1.54, 1.807) is 6.07 Å². The minimum atomic E-state index is -1.98. The lowest BCUT2D eigenvalue weighted by atomic mass is 10.1. The summed E-state index contributed by atoms with van der Waals surface area (Å²) >= 11 is 9.61. The average molecular weight is 522 g/mol. The third-order valence-corrected chi connectivity index (χ3v) is 10.9. The summed E-state index contributed by atoms with van der Waals surface area (Å²) in [6.07, 6.45) is 2.72. The van der Waals surface area contributed by atoms with Crippen molar-refractivity contribution in [1.82, 2.24) is 19.7 Å². The van der Waals surface area contributed by atoms with Crippen molar-refractivity contribution in [2.75, 3.05) is 0 Å². The van der Waals surface area contributed by atoms with E-state index >= 15 is 0 Å². The van der Waals surface area contributed by atoms with Gasteiger partial charge >= 0.3 is 0 Å². The molecule has 0 saturated carbocycles. The Labute approximate surface area is 197 Å². The number of aromatic nitrogens is 4. The molecule has 0 N–H and O–H groups in total. The predicted octanol–water partition coefficient (Wildman–Crippen LogP) is 5.89. The second-order valence-corrected chi connectivity index (χ2v) is 15.0. The van der Waals surface area contributed by atoms with Gasteiger partial charge in [-0.2, -0.15) is 5.10 Å². The molecule has 0 aliphatic heterocycles. The molecular weight excluding hydrogens is 496 g/mol. The molecular formula is C22H26BrClN4O2Si. The molecule has 0 spiro atoms. The number of hydrogen-bond donors (Lipinski definition) is 0. The number of rotatable bonds is 7. The molecule has 0 aliphatic rings. The Morgan fingerprint density at radius 3 is 2.65 bits per heavy atom. The molecule has 0 fully saturated rings. The first-order valence-corrected chi connectivity index (χ1v) is 14.0. The minimum Gasteiger partial charge on any atom is -0.411 e. The van der Waals surface area contributed by atoms with Crippen LogP contribution in [0.4, 0.5) is 0 Å². The van der Waals surface area contributed by atoms with Gasteiger partial charge in [0, 0.05) is 10.7 Å². The van der Waals surface area contributed by atoms with Gasteiger partial charge in [-0.15, -0.1) is 0 Å². The van der Waals surface area contributed by atoms with Crippen LogP contribution in [0.15, 0.2) is 47.3 Å². The van der Waals surface area contributed by atoms with Crippen molar-refractivity contribution in [3.63, 3.8) is 0 Å². The molecule has 0 atom stereocenters. The first-order valence-electron chi connectivity index (χ1n) is 9.93. The third kappa shape index (κ3) is 5.68. The quantitative estimate of drug-likeness (QED) is 0.220. The number of hydrogen-bond acceptors (Lipinski definition) is 5. The maximum atomic E-state index is 13.0. The number of carbonyl (C=O) groups excluding carboxylic acids is 1. The van der Waals surface area contributed by atoms with Gasteiger partial charge in [-0.3, -0.25) is 9.48 Å². The summed E-state index contributed by atoms with van der Waals surface area (Å²) < 4.78 is 9.22. The maximum absolute atomic E-state index is 13.0. The van der Waals surface area contributed by atoms with E-state index < -0.39 is 8.32 Å². The van der Waals surface area contributed by atoms with Crippen LogP contribution in [0.5, 0.6) is 0 Å². The van der Waals surface area contributed by atoms with Gasteiger partial charge in [0.1, 0.15) is 17.2 Å². The molecule has 164 valence electrons. The fraction of sp³-hybridized carbons (Fsp3) is 0.364. The van der Waals surface area contributed by atoms with E-state index in [1.165, 1.54) is 12.5 Å². The fourth-order valence-electron chi connectivity index (χ4n) is 2.70. The molecule has 0 saturated heterocycles. The molecule has 0 aliphatic carbocycles. The van der Waals surface area contributed by atoms with Gasteiger partial charge in [0.15, 0.2) is 8.32 Å². The predicted molar refractivity (Wildman–Crippen MR) is 128 cm³/mol. The SMILES string of the molecule is CC(C)(C)[Si](C)(C)OCc1cc(C(=O)c2cncnc2Cl)nn1Cc1cccc(Br)c1. The zero-order valence-electron chi connectivity index (χ0n) is 18.3. The molecule has 6 nitrogen and oxygen atoms in total. The van der Waals surface area contributed by atoms with Gasteiger partial charge in [0.2, 0.25) is 5.78 Å². The summed E-state index contributed by atoms with van der Waals surface area (Å²) in [5.74, 6) is -0.313. The molecule has 9 heteroatoms. The van der Waals surface area contributed by atoms with Gasteiger partial charge in [0.05, 0.1) is 24.4 Å². The van der Waals surface area contributed by atoms with Crippen molar-refractivity contribution in [1.29, 1.82) is 0 Å². The third-order valence-electron chi connectivity index (χ3n) is 5.61. The van der Waals surface area contributed by atoms with Crippen molar-refractivity contribution >= 4 is 41.6 Å². The highest BCUT2D eigenvalue weighted by Gasteiger charge is 2.37. The first-order chi connectivity index (χ1) is 14.5. The van der Waals surface area contributed by atoms with Crippen molar-refractivity contribution in [2.45, 2.75) is 52.1 Å². The Kier molecular flexibility index (Phi) is 7.15. The molecule has 0 amide bonds. The number of halogens is 2. The lowest BCUT2D eigenvalue weighted by molar-refractivity contribution is 0.103. The molecule has 1 aromatic carbocycles. The van der Waals surface area contributed by atoms with Crippen LogP contribution in [0.25, 0.3) is 0 Å². The number of benzene rings is 1. The number of ketones is 1. The Balaban J connectivity index is 1.95. The van der Waals surface area contributed by atoms with Crippen LogP contribution >= 0.6 is 27.5 Å². The van der Waals surface area contributed by atoms with Gasteiger partial charge < -0.3 is 4.43 Å². The van der Waals surface area contributed by atoms with E-state index in [9.17, 15) is 4.79 Å². The van der Waals surface area contributed by atoms with Gasteiger partial charge in [-0.1, -0.05) is 60.4 Å². The second-order valence-electron chi connectivity index (χ2n) is 8.91. The molecule has 0 unspecified atom stereocenters. The maximum Gasteiger partial charge on any atom is 0.217 e. The lowest BCUT2D eigenvalue weighted by Crippen LogP contribution is -2.40. The standard InChI is InChI=1S/C22H26BrClN4O2Si/c1-22(2,3)31(4,5)30-13-17-10-19(20(29)18-11-25-14-26-21(18)24)27-28(17)12-15-7-6-8-16(23)9-15/h6-11,14H,12-13H2,1-5H3. The summed E-state index contributed by atoms with van der Waals surface area (Å²) in [7, 11) is -1.98. The van der Waals surface area contributed by atoms with E-state index in [1.807, 2.05) is 28.9 Å². The summed E-state index contributed by atoms with van der Waals surface area (Å²) in [4.78, 5) is 20.8. The summed E-state index contributed by atoms with van der Waals surface area (Å²) in [5, 5.41) is 4.78. The zero-order valence-corrected chi connectivity index (χ0v) is 21.7. The van der Waals surface area contributed by atoms with Crippen molar-refractivity contribution in [3.8, 4) is 0 Å². The fourth-order valence-corrected chi connectivity index (χ4v) is 4.27. The van der Waals surface area contributed by atoms with Crippen LogP contribution in [0.3, 0.4) is 0 Å². The Morgan fingerprint density at radius 1 is 1.26 bits per heavy atom. The Hall–Kier alpha value is -1.87. The Morgan fingerprint density at radius 2 is 2.00 bits per heavy atom. The molecule has 0 bridgehead atoms. The largest absolute Gasteiger partial charge is 0.411 e. The van der Waals surface area contributed by atoms with Gasteiger partial charge in [0.25, 0.3) is 0 Å². The van der Waals surface area contributed by atoms with Gasteiger partial charge in [-0.05, 0) is 41.9 Å². The number of nitrogens with zero attached hydrogens (tertiary/aromatic N) is 4. The zero-order chi connectivity index (χ0) is 22.8. The van der Waals surface area contributed by atoms with Crippen LogP contribution in [-0.4, -0.2) is 33.8 Å². The van der Waals surface area contributed by atoms with E-state index in [2.05, 4.69) is 64.9 Å². The summed E-state index contributed by atoms with van der Waals surface area (Å²) in [5.41, 5.74) is 2.42. The van der Waals surface area contributed by atoms with E-state index in [0.717, 1.165) is 15.7 Å². The molecule has 2 heterocycles. The van der Waals surface area contributed by atoms with E-state index in [0.29, 0.717) is 18.8 Å². The summed E-state index contributed by atoms with van der Waals surface area (Å²) in [6.45, 7) is 11.9. The normalized spacial score (nSPS) is 12.2. The molecule has 0 radical (unpaired) electrons. The second kappa shape index (κ2) is 9.32. The highest BCUT2D eigenvalue weighted by Crippen LogP contribution is 2.37. The minimum absolute atomic E-state index is 0.0791. The van der Waals surface area contributed by atoms with Crippen LogP contribution in [-0.2, 0) is 17.6 Å². The summed E-state index contributed by atoms with van der Waals surface area (Å²) in [6, 6.07) is 9.77. The first kappa shape index (κ1) is 23.8. The van der Waals surface area contributed by atoms with Crippen LogP contribution in [0.1, 0.15) is 48.1 Å². The van der Waals surface area contributed by atoms with Crippen molar-refractivity contribution in [2.24, 2.45) is 0 Å². The van der Waals surface area contributed by atoms with Gasteiger partial charge in [-0.25, -0.2) is 9.97 Å². The van der Waals surface area contributed by atoms with E-state index in [4.69, 9.17) is 16.0 Å². The molecule has 3 rings (SSSR count). The average Bonchev–Trinajstić information content (AvgIpc) is 3.08. The monoisotopic (exact) mass is 520 g/mol. The van der Waals surface area contributed by atoms with Crippen molar-refractivity contribution < 1.29 is 9.22 Å². The number of carbonyl (C=O) groups is 1. The Bertz CT molecular complexity index is 1100. The van der Waals surface area contributed by atoms with E-state index in [-0.39, 0.29) is 21.5 Å². The molecule has 2 aromatic heterocycles. The molecule has 31 heavy (non-hydrogen) atoms. The lowest BCUT2D eigenvalue weighted by Gasteiger charge is -2.36. The highest BCUT2D eigenvalue weighted by atomic mass is 79.9. The van der Waals surface area contributed by atoms with Crippen LogP contribution in [0, 0.1) is 0 Å². The van der Waals surface area contributed by atoms with Crippen LogP contribution < -0.4 is 0 Å². The topological polar surface area (TPSA) is 69.9 Å². The highest BCUT2D eigenvalue weighted by molar-refractivity contribution is 9.10. The van der Waals surface area contributed by atoms with Crippen molar-refractivity contribution in [3.05, 3.63) is 75.0 Å². The van der Waals surface area contributed by atoms with Crippen LogP contribution in [0.2, 0.25) is 23.3 Å². The molecule has 3 aromatic rings.